The standard InChI is InChI=1S/C11H18N6O3/c1-7(2)5-16(6-9(12)18)11-8(17(19)20)3-4-10(14-11)15-13/h3-4,7H,5-6,13H2,1-2H3,(H2,12,18)(H,14,15). The smallest absolute Gasteiger partial charge is 0.311 e. The lowest BCUT2D eigenvalue weighted by Crippen LogP contribution is -2.37. The molecule has 9 heteroatoms. The van der Waals surface area contributed by atoms with E-state index < -0.39 is 10.8 Å². The molecule has 0 atom stereocenters. The van der Waals surface area contributed by atoms with Crippen molar-refractivity contribution < 1.29 is 9.72 Å². The second kappa shape index (κ2) is 6.66. The van der Waals surface area contributed by atoms with Crippen LogP contribution < -0.4 is 21.9 Å². The summed E-state index contributed by atoms with van der Waals surface area (Å²) in [5.41, 5.74) is 7.30. The first kappa shape index (κ1) is 15.6. The highest BCUT2D eigenvalue weighted by molar-refractivity contribution is 5.80. The third-order valence-electron chi connectivity index (χ3n) is 2.43. The van der Waals surface area contributed by atoms with E-state index >= 15 is 0 Å². The molecule has 9 nitrogen and oxygen atoms in total. The maximum Gasteiger partial charge on any atom is 0.311 e. The average molecular weight is 282 g/mol. The van der Waals surface area contributed by atoms with Crippen LogP contribution in [0.4, 0.5) is 17.3 Å². The summed E-state index contributed by atoms with van der Waals surface area (Å²) in [4.78, 5) is 27.2. The van der Waals surface area contributed by atoms with Gasteiger partial charge in [-0.25, -0.2) is 10.8 Å². The number of nitrogens with zero attached hydrogens (tertiary/aromatic N) is 3. The van der Waals surface area contributed by atoms with Crippen LogP contribution in [0.2, 0.25) is 0 Å². The van der Waals surface area contributed by atoms with Crippen LogP contribution in [0.5, 0.6) is 0 Å². The number of hydrogen-bond donors (Lipinski definition) is 3. The first-order chi connectivity index (χ1) is 9.35. The van der Waals surface area contributed by atoms with E-state index in [9.17, 15) is 14.9 Å². The van der Waals surface area contributed by atoms with E-state index in [0.717, 1.165) is 0 Å². The van der Waals surface area contributed by atoms with Crippen molar-refractivity contribution in [3.05, 3.63) is 22.2 Å². The van der Waals surface area contributed by atoms with Crippen molar-refractivity contribution in [2.45, 2.75) is 13.8 Å². The summed E-state index contributed by atoms with van der Waals surface area (Å²) >= 11 is 0. The number of hydrazine groups is 1. The summed E-state index contributed by atoms with van der Waals surface area (Å²) < 4.78 is 0. The Balaban J connectivity index is 3.27. The molecule has 1 aromatic heterocycles. The van der Waals surface area contributed by atoms with E-state index in [0.29, 0.717) is 6.54 Å². The van der Waals surface area contributed by atoms with Crippen molar-refractivity contribution >= 4 is 23.2 Å². The Morgan fingerprint density at radius 1 is 1.55 bits per heavy atom. The predicted molar refractivity (Wildman–Crippen MR) is 74.9 cm³/mol. The van der Waals surface area contributed by atoms with Gasteiger partial charge >= 0.3 is 5.69 Å². The Morgan fingerprint density at radius 2 is 2.20 bits per heavy atom. The second-order valence-corrected chi connectivity index (χ2v) is 4.68. The first-order valence-corrected chi connectivity index (χ1v) is 6.00. The maximum absolute atomic E-state index is 11.1. The van der Waals surface area contributed by atoms with E-state index in [2.05, 4.69) is 10.4 Å². The number of rotatable bonds is 7. The van der Waals surface area contributed by atoms with E-state index in [1.807, 2.05) is 13.8 Å². The number of anilines is 2. The van der Waals surface area contributed by atoms with Gasteiger partial charge in [-0.15, -0.1) is 0 Å². The molecule has 0 aromatic carbocycles. The predicted octanol–water partition coefficient (Wildman–Crippen LogP) is 0.223. The van der Waals surface area contributed by atoms with Gasteiger partial charge in [0.25, 0.3) is 0 Å². The lowest BCUT2D eigenvalue weighted by atomic mass is 10.2. The highest BCUT2D eigenvalue weighted by atomic mass is 16.6. The van der Waals surface area contributed by atoms with Gasteiger partial charge in [0.05, 0.1) is 11.5 Å². The molecule has 0 spiro atoms. The molecule has 1 amide bonds. The van der Waals surface area contributed by atoms with Crippen LogP contribution in [0.3, 0.4) is 0 Å². The van der Waals surface area contributed by atoms with Crippen LogP contribution in [0.25, 0.3) is 0 Å². The lowest BCUT2D eigenvalue weighted by molar-refractivity contribution is -0.384. The van der Waals surface area contributed by atoms with E-state index in [4.69, 9.17) is 11.6 Å². The van der Waals surface area contributed by atoms with Crippen LogP contribution in [0, 0.1) is 16.0 Å². The van der Waals surface area contributed by atoms with Crippen molar-refractivity contribution in [1.29, 1.82) is 0 Å². The Labute approximate surface area is 116 Å². The molecule has 1 aromatic rings. The molecule has 0 bridgehead atoms. The zero-order valence-corrected chi connectivity index (χ0v) is 11.4. The molecule has 0 aliphatic carbocycles. The van der Waals surface area contributed by atoms with Crippen molar-refractivity contribution in [3.8, 4) is 0 Å². The Kier molecular flexibility index (Phi) is 5.21. The molecular weight excluding hydrogens is 264 g/mol. The molecule has 110 valence electrons. The SMILES string of the molecule is CC(C)CN(CC(N)=O)c1nc(NN)ccc1[N+](=O)[O-]. The third kappa shape index (κ3) is 4.05. The van der Waals surface area contributed by atoms with Gasteiger partial charge in [0.1, 0.15) is 5.82 Å². The monoisotopic (exact) mass is 282 g/mol. The number of nitrogen functional groups attached to an aromatic ring is 1. The highest BCUT2D eigenvalue weighted by Gasteiger charge is 2.23. The van der Waals surface area contributed by atoms with Crippen LogP contribution in [0.15, 0.2) is 12.1 Å². The number of pyridine rings is 1. The number of amides is 1. The molecule has 0 fully saturated rings. The summed E-state index contributed by atoms with van der Waals surface area (Å²) in [6.07, 6.45) is 0. The molecule has 0 unspecified atom stereocenters. The number of hydrogen-bond acceptors (Lipinski definition) is 7. The molecule has 0 saturated heterocycles. The molecule has 1 rings (SSSR count). The van der Waals surface area contributed by atoms with E-state index in [1.54, 1.807) is 0 Å². The maximum atomic E-state index is 11.1. The van der Waals surface area contributed by atoms with Crippen molar-refractivity contribution in [2.24, 2.45) is 17.5 Å². The molecule has 0 aliphatic rings. The summed E-state index contributed by atoms with van der Waals surface area (Å²) in [6, 6.07) is 2.67. The van der Waals surface area contributed by atoms with Crippen LogP contribution >= 0.6 is 0 Å². The molecule has 0 radical (unpaired) electrons. The molecule has 5 N–H and O–H groups in total. The third-order valence-corrected chi connectivity index (χ3v) is 2.43. The average Bonchev–Trinajstić information content (AvgIpc) is 2.36. The summed E-state index contributed by atoms with van der Waals surface area (Å²) in [6.45, 7) is 4.10. The molecule has 0 aliphatic heterocycles. The number of carbonyl (C=O) groups is 1. The van der Waals surface area contributed by atoms with E-state index in [1.165, 1.54) is 17.0 Å². The Morgan fingerprint density at radius 3 is 2.65 bits per heavy atom. The van der Waals surface area contributed by atoms with Gasteiger partial charge in [0.15, 0.2) is 0 Å². The minimum absolute atomic E-state index is 0.0675. The van der Waals surface area contributed by atoms with Crippen molar-refractivity contribution in [1.82, 2.24) is 4.98 Å². The summed E-state index contributed by atoms with van der Waals surface area (Å²) in [7, 11) is 0. The van der Waals surface area contributed by atoms with Crippen LogP contribution in [-0.4, -0.2) is 28.9 Å². The lowest BCUT2D eigenvalue weighted by Gasteiger charge is -2.24. The minimum Gasteiger partial charge on any atom is -0.368 e. The molecular formula is C11H18N6O3. The first-order valence-electron chi connectivity index (χ1n) is 6.00. The quantitative estimate of drug-likeness (QED) is 0.369. The fourth-order valence-corrected chi connectivity index (χ4v) is 1.75. The fraction of sp³-hybridized carbons (Fsp3) is 0.455. The Hall–Kier alpha value is -2.42. The van der Waals surface area contributed by atoms with Gasteiger partial charge in [-0.1, -0.05) is 13.8 Å². The van der Waals surface area contributed by atoms with Crippen LogP contribution in [0.1, 0.15) is 13.8 Å². The van der Waals surface area contributed by atoms with Gasteiger partial charge in [0.2, 0.25) is 11.7 Å². The number of nitrogens with two attached hydrogens (primary N) is 2. The molecule has 1 heterocycles. The summed E-state index contributed by atoms with van der Waals surface area (Å²) in [5, 5.41) is 11.1. The van der Waals surface area contributed by atoms with Crippen molar-refractivity contribution in [2.75, 3.05) is 23.4 Å². The number of primary amides is 1. The molecule has 20 heavy (non-hydrogen) atoms. The van der Waals surface area contributed by atoms with Gasteiger partial charge in [-0.3, -0.25) is 14.9 Å². The Bertz CT molecular complexity index is 505. The second-order valence-electron chi connectivity index (χ2n) is 4.68. The van der Waals surface area contributed by atoms with Crippen molar-refractivity contribution in [3.63, 3.8) is 0 Å². The highest BCUT2D eigenvalue weighted by Crippen LogP contribution is 2.27. The number of nitrogens with one attached hydrogen (secondary N) is 1. The number of nitro groups is 1. The minimum atomic E-state index is -0.590. The van der Waals surface area contributed by atoms with E-state index in [-0.39, 0.29) is 29.8 Å². The van der Waals surface area contributed by atoms with Gasteiger partial charge in [-0.2, -0.15) is 0 Å². The molecule has 0 saturated carbocycles. The largest absolute Gasteiger partial charge is 0.368 e. The van der Waals surface area contributed by atoms with Gasteiger partial charge in [0, 0.05) is 12.6 Å². The van der Waals surface area contributed by atoms with Gasteiger partial charge in [-0.05, 0) is 12.0 Å². The van der Waals surface area contributed by atoms with Gasteiger partial charge < -0.3 is 16.1 Å². The zero-order valence-electron chi connectivity index (χ0n) is 11.4. The topological polar surface area (TPSA) is 140 Å². The fourth-order valence-electron chi connectivity index (χ4n) is 1.75. The normalized spacial score (nSPS) is 10.4. The number of aromatic nitrogens is 1. The zero-order chi connectivity index (χ0) is 15.3. The van der Waals surface area contributed by atoms with Crippen LogP contribution in [-0.2, 0) is 4.79 Å². The number of carbonyl (C=O) groups excluding carboxylic acids is 1. The summed E-state index contributed by atoms with van der Waals surface area (Å²) in [5.74, 6) is 5.17.